The highest BCUT2D eigenvalue weighted by molar-refractivity contribution is 5.02. The molecule has 0 spiro atoms. The predicted octanol–water partition coefficient (Wildman–Crippen LogP) is 6.76. The van der Waals surface area contributed by atoms with Gasteiger partial charge in [-0.3, -0.25) is 0 Å². The third-order valence-electron chi connectivity index (χ3n) is 5.62. The molecule has 0 bridgehead atoms. The first-order valence-corrected chi connectivity index (χ1v) is 13.1. The number of rotatable bonds is 22. The molecule has 0 heterocycles. The van der Waals surface area contributed by atoms with Crippen LogP contribution >= 0.6 is 0 Å². The molecule has 31 heavy (non-hydrogen) atoms. The van der Waals surface area contributed by atoms with Gasteiger partial charge in [0, 0.05) is 19.6 Å². The molecule has 0 aliphatic rings. The first-order valence-electron chi connectivity index (χ1n) is 13.1. The van der Waals surface area contributed by atoms with Crippen LogP contribution in [0.15, 0.2) is 0 Å². The maximum atomic E-state index is 8.96. The van der Waals surface area contributed by atoms with E-state index in [4.69, 9.17) is 19.7 Å². The summed E-state index contributed by atoms with van der Waals surface area (Å²) in [5.74, 6) is 6.48. The molecule has 0 radical (unpaired) electrons. The van der Waals surface area contributed by atoms with Crippen molar-refractivity contribution in [1.29, 1.82) is 0 Å². The fourth-order valence-corrected chi connectivity index (χ4v) is 3.60. The summed E-state index contributed by atoms with van der Waals surface area (Å²) in [7, 11) is 0. The Morgan fingerprint density at radius 3 is 1.52 bits per heavy atom. The maximum absolute atomic E-state index is 8.96. The summed E-state index contributed by atoms with van der Waals surface area (Å²) < 4.78 is 12.1. The van der Waals surface area contributed by atoms with E-state index in [-0.39, 0.29) is 25.4 Å². The average Bonchev–Trinajstić information content (AvgIpc) is 2.74. The lowest BCUT2D eigenvalue weighted by molar-refractivity contribution is -0.157. The molecule has 0 amide bonds. The van der Waals surface area contributed by atoms with Crippen LogP contribution in [0.1, 0.15) is 130 Å². The number of ether oxygens (including phenoxy) is 2. The topological polar surface area (TPSA) is 58.9 Å². The van der Waals surface area contributed by atoms with Crippen LogP contribution in [-0.2, 0) is 9.47 Å². The van der Waals surface area contributed by atoms with Gasteiger partial charge < -0.3 is 19.7 Å². The molecule has 184 valence electrons. The van der Waals surface area contributed by atoms with Crippen LogP contribution in [0, 0.1) is 11.8 Å². The maximum Gasteiger partial charge on any atom is 0.222 e. The fourth-order valence-electron chi connectivity index (χ4n) is 3.60. The van der Waals surface area contributed by atoms with Crippen LogP contribution in [0.2, 0.25) is 0 Å². The Labute approximate surface area is 193 Å². The van der Waals surface area contributed by atoms with Gasteiger partial charge in [0.25, 0.3) is 0 Å². The molecular weight excluding hydrogens is 388 g/mol. The van der Waals surface area contributed by atoms with Gasteiger partial charge in [0.1, 0.15) is 0 Å². The molecule has 0 aromatic rings. The van der Waals surface area contributed by atoms with Gasteiger partial charge in [0.15, 0.2) is 0 Å². The minimum atomic E-state index is -0.489. The van der Waals surface area contributed by atoms with E-state index in [9.17, 15) is 0 Å². The molecule has 0 saturated heterocycles. The SMILES string of the molecule is CCCCCCCCCCCCC#CC(OC(C)CCCCO)OC(C)CCCCO. The molecule has 0 aromatic carbocycles. The Bertz CT molecular complexity index is 397. The van der Waals surface area contributed by atoms with Gasteiger partial charge in [-0.05, 0) is 64.7 Å². The van der Waals surface area contributed by atoms with Gasteiger partial charge >= 0.3 is 0 Å². The van der Waals surface area contributed by atoms with Crippen molar-refractivity contribution in [2.24, 2.45) is 0 Å². The Hall–Kier alpha value is -0.600. The van der Waals surface area contributed by atoms with E-state index >= 15 is 0 Å². The van der Waals surface area contributed by atoms with Crippen molar-refractivity contribution in [3.8, 4) is 11.8 Å². The Morgan fingerprint density at radius 1 is 0.613 bits per heavy atom. The minimum Gasteiger partial charge on any atom is -0.396 e. The number of hydrogen-bond acceptors (Lipinski definition) is 4. The fraction of sp³-hybridized carbons (Fsp3) is 0.926. The molecule has 2 N–H and O–H groups in total. The summed E-state index contributed by atoms with van der Waals surface area (Å²) in [5.41, 5.74) is 0. The van der Waals surface area contributed by atoms with E-state index in [1.165, 1.54) is 57.8 Å². The van der Waals surface area contributed by atoms with Crippen LogP contribution < -0.4 is 0 Å². The molecule has 0 saturated carbocycles. The number of aliphatic hydroxyl groups excluding tert-OH is 2. The van der Waals surface area contributed by atoms with Crippen molar-refractivity contribution < 1.29 is 19.7 Å². The van der Waals surface area contributed by atoms with Crippen LogP contribution in [-0.4, -0.2) is 41.9 Å². The van der Waals surface area contributed by atoms with E-state index in [0.717, 1.165) is 51.4 Å². The van der Waals surface area contributed by atoms with E-state index < -0.39 is 6.29 Å². The highest BCUT2D eigenvalue weighted by Crippen LogP contribution is 2.13. The summed E-state index contributed by atoms with van der Waals surface area (Å²) in [6, 6.07) is 0. The smallest absolute Gasteiger partial charge is 0.222 e. The van der Waals surface area contributed by atoms with E-state index in [0.29, 0.717) is 0 Å². The molecule has 2 unspecified atom stereocenters. The Balaban J connectivity index is 4.14. The van der Waals surface area contributed by atoms with E-state index in [1.807, 2.05) is 13.8 Å². The summed E-state index contributed by atoms with van der Waals surface area (Å²) >= 11 is 0. The molecule has 2 atom stereocenters. The first-order chi connectivity index (χ1) is 15.1. The van der Waals surface area contributed by atoms with Crippen LogP contribution in [0.3, 0.4) is 0 Å². The third-order valence-corrected chi connectivity index (χ3v) is 5.62. The zero-order chi connectivity index (χ0) is 23.0. The molecular formula is C27H52O4. The molecule has 4 nitrogen and oxygen atoms in total. The summed E-state index contributed by atoms with van der Waals surface area (Å²) in [4.78, 5) is 0. The molecule has 0 fully saturated rings. The first kappa shape index (κ1) is 30.4. The van der Waals surface area contributed by atoms with Gasteiger partial charge in [0.2, 0.25) is 6.29 Å². The molecule has 0 aromatic heterocycles. The second-order valence-electron chi connectivity index (χ2n) is 8.92. The summed E-state index contributed by atoms with van der Waals surface area (Å²) in [5, 5.41) is 17.9. The van der Waals surface area contributed by atoms with Crippen LogP contribution in [0.5, 0.6) is 0 Å². The number of aliphatic hydroxyl groups is 2. The second-order valence-corrected chi connectivity index (χ2v) is 8.92. The summed E-state index contributed by atoms with van der Waals surface area (Å²) in [6.07, 6.45) is 19.2. The minimum absolute atomic E-state index is 0.0628. The van der Waals surface area contributed by atoms with Crippen LogP contribution in [0.25, 0.3) is 0 Å². The monoisotopic (exact) mass is 440 g/mol. The largest absolute Gasteiger partial charge is 0.396 e. The quantitative estimate of drug-likeness (QED) is 0.111. The zero-order valence-corrected chi connectivity index (χ0v) is 20.9. The van der Waals surface area contributed by atoms with Crippen molar-refractivity contribution in [2.45, 2.75) is 148 Å². The Kier molecular flexibility index (Phi) is 23.6. The molecule has 0 rings (SSSR count). The van der Waals surface area contributed by atoms with E-state index in [2.05, 4.69) is 18.8 Å². The lowest BCUT2D eigenvalue weighted by Gasteiger charge is -2.22. The van der Waals surface area contributed by atoms with Gasteiger partial charge in [-0.25, -0.2) is 0 Å². The normalized spacial score (nSPS) is 14.1. The van der Waals surface area contributed by atoms with Crippen molar-refractivity contribution in [2.75, 3.05) is 13.2 Å². The number of unbranched alkanes of at least 4 members (excludes halogenated alkanes) is 12. The van der Waals surface area contributed by atoms with Crippen molar-refractivity contribution in [3.63, 3.8) is 0 Å². The third kappa shape index (κ3) is 22.4. The number of hydrogen-bond donors (Lipinski definition) is 2. The predicted molar refractivity (Wildman–Crippen MR) is 131 cm³/mol. The van der Waals surface area contributed by atoms with Gasteiger partial charge in [-0.15, -0.1) is 0 Å². The van der Waals surface area contributed by atoms with Gasteiger partial charge in [0.05, 0.1) is 12.2 Å². The Morgan fingerprint density at radius 2 is 1.06 bits per heavy atom. The molecule has 0 aliphatic carbocycles. The van der Waals surface area contributed by atoms with Crippen LogP contribution in [0.4, 0.5) is 0 Å². The summed E-state index contributed by atoms with van der Waals surface area (Å²) in [6.45, 7) is 6.83. The molecule has 0 aliphatic heterocycles. The van der Waals surface area contributed by atoms with Gasteiger partial charge in [-0.2, -0.15) is 0 Å². The van der Waals surface area contributed by atoms with E-state index in [1.54, 1.807) is 0 Å². The van der Waals surface area contributed by atoms with Crippen molar-refractivity contribution >= 4 is 0 Å². The van der Waals surface area contributed by atoms with Crippen molar-refractivity contribution in [1.82, 2.24) is 0 Å². The highest BCUT2D eigenvalue weighted by Gasteiger charge is 2.15. The second kappa shape index (κ2) is 24.1. The highest BCUT2D eigenvalue weighted by atomic mass is 16.7. The lowest BCUT2D eigenvalue weighted by Crippen LogP contribution is -2.26. The standard InChI is InChI=1S/C27H52O4/c1-4-5-6-7-8-9-10-11-12-13-14-15-22-27(30-25(2)20-16-18-23-28)31-26(3)21-17-19-24-29/h25-29H,4-14,16-21,23-24H2,1-3H3. The van der Waals surface area contributed by atoms with Crippen molar-refractivity contribution in [3.05, 3.63) is 0 Å². The van der Waals surface area contributed by atoms with Gasteiger partial charge in [-0.1, -0.05) is 70.6 Å². The zero-order valence-electron chi connectivity index (χ0n) is 20.9. The lowest BCUT2D eigenvalue weighted by atomic mass is 10.1. The average molecular weight is 441 g/mol. The molecule has 4 heteroatoms.